The molecule has 0 aliphatic rings. The molecular weight excluding hydrogens is 300 g/mol. The zero-order chi connectivity index (χ0) is 13.4. The molecule has 3 N–H and O–H groups in total. The van der Waals surface area contributed by atoms with Crippen molar-refractivity contribution >= 4 is 40.6 Å². The molecule has 0 atom stereocenters. The number of rotatable bonds is 2. The maximum Gasteiger partial charge on any atom is 0.216 e. The van der Waals surface area contributed by atoms with Crippen LogP contribution in [0.5, 0.6) is 11.5 Å². The first-order chi connectivity index (χ1) is 8.41. The Kier molecular flexibility index (Phi) is 3.43. The van der Waals surface area contributed by atoms with Crippen molar-refractivity contribution in [3.05, 3.63) is 44.7 Å². The molecule has 0 saturated heterocycles. The number of phenolic OH excluding ortho intramolecular Hbond substituents is 2. The van der Waals surface area contributed by atoms with Crippen molar-refractivity contribution in [1.82, 2.24) is 4.98 Å². The summed E-state index contributed by atoms with van der Waals surface area (Å²) in [7, 11) is 0. The molecule has 7 heteroatoms. The lowest BCUT2D eigenvalue weighted by molar-refractivity contribution is 0.103. The van der Waals surface area contributed by atoms with Gasteiger partial charge in [-0.25, -0.2) is 0 Å². The summed E-state index contributed by atoms with van der Waals surface area (Å²) in [6.45, 7) is 0. The van der Waals surface area contributed by atoms with Crippen LogP contribution in [0.1, 0.15) is 16.1 Å². The quantitative estimate of drug-likeness (QED) is 0.742. The Balaban J connectivity index is 2.56. The van der Waals surface area contributed by atoms with Crippen LogP contribution in [0.2, 0.25) is 15.2 Å². The highest BCUT2D eigenvalue weighted by atomic mass is 35.5. The predicted molar refractivity (Wildman–Crippen MR) is 69.0 cm³/mol. The Hall–Kier alpha value is -1.36. The molecule has 0 aliphatic heterocycles. The maximum atomic E-state index is 12.1. The zero-order valence-corrected chi connectivity index (χ0v) is 10.9. The third kappa shape index (κ3) is 2.14. The maximum absolute atomic E-state index is 12.1. The van der Waals surface area contributed by atoms with Crippen LogP contribution in [-0.4, -0.2) is 21.0 Å². The Morgan fingerprint density at radius 2 is 1.78 bits per heavy atom. The van der Waals surface area contributed by atoms with Gasteiger partial charge in [0.15, 0.2) is 0 Å². The van der Waals surface area contributed by atoms with Gasteiger partial charge in [0.2, 0.25) is 5.78 Å². The standard InChI is InChI=1S/C11H6Cl3NO3/c12-4-1-2-7(16)8(9(4)17)10(18)6-3-5(13)11(14)15-6/h1-3,15-17H. The SMILES string of the molecule is O=C(c1cc(Cl)c(Cl)[nH]1)c1c(O)ccc(Cl)c1O. The van der Waals surface area contributed by atoms with Crippen LogP contribution in [0.3, 0.4) is 0 Å². The summed E-state index contributed by atoms with van der Waals surface area (Å²) in [5.41, 5.74) is -0.269. The summed E-state index contributed by atoms with van der Waals surface area (Å²) in [4.78, 5) is 14.6. The van der Waals surface area contributed by atoms with Crippen LogP contribution >= 0.6 is 34.8 Å². The molecule has 2 aromatic rings. The van der Waals surface area contributed by atoms with E-state index in [4.69, 9.17) is 34.8 Å². The van der Waals surface area contributed by atoms with Gasteiger partial charge >= 0.3 is 0 Å². The molecule has 94 valence electrons. The van der Waals surface area contributed by atoms with Crippen LogP contribution in [0.15, 0.2) is 18.2 Å². The number of nitrogens with one attached hydrogen (secondary N) is 1. The average Bonchev–Trinajstić information content (AvgIpc) is 2.65. The van der Waals surface area contributed by atoms with Crippen LogP contribution in [0, 0.1) is 0 Å². The fraction of sp³-hybridized carbons (Fsp3) is 0. The fourth-order valence-electron chi connectivity index (χ4n) is 1.44. The van der Waals surface area contributed by atoms with Crippen molar-refractivity contribution in [1.29, 1.82) is 0 Å². The van der Waals surface area contributed by atoms with Gasteiger partial charge in [-0.3, -0.25) is 4.79 Å². The second kappa shape index (κ2) is 4.72. The number of aromatic amines is 1. The largest absolute Gasteiger partial charge is 0.507 e. The molecular formula is C11H6Cl3NO3. The number of ketones is 1. The average molecular weight is 307 g/mol. The number of benzene rings is 1. The topological polar surface area (TPSA) is 73.3 Å². The minimum Gasteiger partial charge on any atom is -0.507 e. The lowest BCUT2D eigenvalue weighted by atomic mass is 10.1. The van der Waals surface area contributed by atoms with E-state index >= 15 is 0 Å². The van der Waals surface area contributed by atoms with E-state index < -0.39 is 11.5 Å². The molecule has 0 fully saturated rings. The van der Waals surface area contributed by atoms with Crippen LogP contribution in [0.4, 0.5) is 0 Å². The lowest BCUT2D eigenvalue weighted by Gasteiger charge is -2.06. The molecule has 0 amide bonds. The van der Waals surface area contributed by atoms with Gasteiger partial charge in [-0.2, -0.15) is 0 Å². The third-order valence-corrected chi connectivity index (χ3v) is 3.30. The molecule has 0 unspecified atom stereocenters. The molecule has 0 aliphatic carbocycles. The molecule has 0 radical (unpaired) electrons. The summed E-state index contributed by atoms with van der Waals surface area (Å²) in [6.07, 6.45) is 0. The summed E-state index contributed by atoms with van der Waals surface area (Å²) >= 11 is 17.1. The molecule has 2 rings (SSSR count). The Morgan fingerprint density at radius 3 is 2.33 bits per heavy atom. The molecule has 1 aromatic heterocycles. The minimum absolute atomic E-state index is 0.0397. The summed E-state index contributed by atoms with van der Waals surface area (Å²) in [5.74, 6) is -1.55. The summed E-state index contributed by atoms with van der Waals surface area (Å²) in [6, 6.07) is 3.78. The molecule has 0 spiro atoms. The fourth-order valence-corrected chi connectivity index (χ4v) is 1.91. The van der Waals surface area contributed by atoms with Gasteiger partial charge in [0.1, 0.15) is 22.2 Å². The highest BCUT2D eigenvalue weighted by molar-refractivity contribution is 6.42. The van der Waals surface area contributed by atoms with Gasteiger partial charge in [0, 0.05) is 0 Å². The van der Waals surface area contributed by atoms with E-state index in [0.717, 1.165) is 0 Å². The van der Waals surface area contributed by atoms with Crippen LogP contribution in [-0.2, 0) is 0 Å². The smallest absolute Gasteiger partial charge is 0.216 e. The molecule has 0 saturated carbocycles. The number of carbonyl (C=O) groups excluding carboxylic acids is 1. The van der Waals surface area contributed by atoms with Crippen molar-refractivity contribution in [2.24, 2.45) is 0 Å². The number of hydrogen-bond donors (Lipinski definition) is 3. The van der Waals surface area contributed by atoms with E-state index in [9.17, 15) is 15.0 Å². The molecule has 4 nitrogen and oxygen atoms in total. The van der Waals surface area contributed by atoms with Gasteiger partial charge in [-0.05, 0) is 18.2 Å². The summed E-state index contributed by atoms with van der Waals surface area (Å²) < 4.78 is 0. The highest BCUT2D eigenvalue weighted by Crippen LogP contribution is 2.36. The van der Waals surface area contributed by atoms with E-state index in [2.05, 4.69) is 4.98 Å². The Labute approximate surface area is 117 Å². The van der Waals surface area contributed by atoms with Gasteiger partial charge < -0.3 is 15.2 Å². The predicted octanol–water partition coefficient (Wildman–Crippen LogP) is 3.62. The number of H-pyrrole nitrogens is 1. The van der Waals surface area contributed by atoms with Crippen molar-refractivity contribution < 1.29 is 15.0 Å². The first-order valence-corrected chi connectivity index (χ1v) is 5.84. The second-order valence-corrected chi connectivity index (χ2v) is 4.66. The molecule has 1 heterocycles. The first-order valence-electron chi connectivity index (χ1n) is 4.71. The molecule has 1 aromatic carbocycles. The second-order valence-electron chi connectivity index (χ2n) is 3.46. The Morgan fingerprint density at radius 1 is 1.11 bits per heavy atom. The van der Waals surface area contributed by atoms with Crippen molar-refractivity contribution in [2.45, 2.75) is 0 Å². The van der Waals surface area contributed by atoms with Gasteiger partial charge in [0.25, 0.3) is 0 Å². The summed E-state index contributed by atoms with van der Waals surface area (Å²) in [5, 5.41) is 19.5. The van der Waals surface area contributed by atoms with Gasteiger partial charge in [-0.15, -0.1) is 0 Å². The normalized spacial score (nSPS) is 10.6. The van der Waals surface area contributed by atoms with Gasteiger partial charge in [-0.1, -0.05) is 34.8 Å². The number of phenols is 2. The van der Waals surface area contributed by atoms with Gasteiger partial charge in [0.05, 0.1) is 15.7 Å². The number of aromatic nitrogens is 1. The lowest BCUT2D eigenvalue weighted by Crippen LogP contribution is -2.02. The minimum atomic E-state index is -0.665. The molecule has 0 bridgehead atoms. The number of halogens is 3. The van der Waals surface area contributed by atoms with Crippen LogP contribution < -0.4 is 0 Å². The number of hydrogen-bond acceptors (Lipinski definition) is 3. The van der Waals surface area contributed by atoms with Crippen LogP contribution in [0.25, 0.3) is 0 Å². The van der Waals surface area contributed by atoms with E-state index in [1.165, 1.54) is 18.2 Å². The monoisotopic (exact) mass is 305 g/mol. The van der Waals surface area contributed by atoms with E-state index in [0.29, 0.717) is 0 Å². The van der Waals surface area contributed by atoms with E-state index in [1.54, 1.807) is 0 Å². The third-order valence-electron chi connectivity index (χ3n) is 2.30. The van der Waals surface area contributed by atoms with E-state index in [-0.39, 0.29) is 32.2 Å². The number of aromatic hydroxyl groups is 2. The van der Waals surface area contributed by atoms with Crippen molar-refractivity contribution in [2.75, 3.05) is 0 Å². The van der Waals surface area contributed by atoms with Crippen molar-refractivity contribution in [3.63, 3.8) is 0 Å². The first kappa shape index (κ1) is 13.1. The van der Waals surface area contributed by atoms with E-state index in [1.807, 2.05) is 0 Å². The van der Waals surface area contributed by atoms with Crippen molar-refractivity contribution in [3.8, 4) is 11.5 Å². The molecule has 18 heavy (non-hydrogen) atoms. The zero-order valence-electron chi connectivity index (χ0n) is 8.67. The Bertz CT molecular complexity index is 617. The highest BCUT2D eigenvalue weighted by Gasteiger charge is 2.22. The number of carbonyl (C=O) groups is 1.